The Morgan fingerprint density at radius 1 is 1.38 bits per heavy atom. The van der Waals surface area contributed by atoms with Gasteiger partial charge in [-0.3, -0.25) is 0 Å². The predicted molar refractivity (Wildman–Crippen MR) is 90.2 cm³/mol. The Bertz CT molecular complexity index is 408. The fraction of sp³-hybridized carbons (Fsp3) is 0.647. The van der Waals surface area contributed by atoms with E-state index in [9.17, 15) is 5.11 Å². The fourth-order valence-corrected chi connectivity index (χ4v) is 3.72. The van der Waals surface area contributed by atoms with Gasteiger partial charge in [0, 0.05) is 6.54 Å². The molecule has 1 fully saturated rings. The van der Waals surface area contributed by atoms with Crippen LogP contribution in [0, 0.1) is 5.92 Å². The molecule has 0 amide bonds. The molecule has 0 spiro atoms. The second kappa shape index (κ2) is 9.34. The maximum atomic E-state index is 9.97. The second-order valence-corrected chi connectivity index (χ2v) is 6.90. The van der Waals surface area contributed by atoms with Gasteiger partial charge in [0.2, 0.25) is 0 Å². The van der Waals surface area contributed by atoms with Gasteiger partial charge in [-0.1, -0.05) is 19.1 Å². The lowest BCUT2D eigenvalue weighted by molar-refractivity contribution is 0.105. The Morgan fingerprint density at radius 2 is 2.19 bits per heavy atom. The van der Waals surface area contributed by atoms with Crippen molar-refractivity contribution in [1.82, 2.24) is 5.32 Å². The highest BCUT2D eigenvalue weighted by atomic mass is 32.2. The summed E-state index contributed by atoms with van der Waals surface area (Å²) in [6.45, 7) is 4.10. The second-order valence-electron chi connectivity index (χ2n) is 5.68. The van der Waals surface area contributed by atoms with Crippen molar-refractivity contribution >= 4 is 11.8 Å². The predicted octanol–water partition coefficient (Wildman–Crippen LogP) is 2.72. The van der Waals surface area contributed by atoms with Gasteiger partial charge >= 0.3 is 0 Å². The van der Waals surface area contributed by atoms with Gasteiger partial charge in [0.05, 0.1) is 0 Å². The van der Waals surface area contributed by atoms with Crippen LogP contribution >= 0.6 is 11.8 Å². The van der Waals surface area contributed by atoms with Gasteiger partial charge in [0.25, 0.3) is 0 Å². The van der Waals surface area contributed by atoms with E-state index in [-0.39, 0.29) is 0 Å². The zero-order valence-electron chi connectivity index (χ0n) is 12.9. The van der Waals surface area contributed by atoms with Crippen molar-refractivity contribution in [1.29, 1.82) is 0 Å². The van der Waals surface area contributed by atoms with Gasteiger partial charge in [-0.25, -0.2) is 0 Å². The van der Waals surface area contributed by atoms with Crippen LogP contribution in [0.4, 0.5) is 0 Å². The molecule has 1 heterocycles. The molecule has 1 unspecified atom stereocenters. The molecule has 1 aliphatic heterocycles. The summed E-state index contributed by atoms with van der Waals surface area (Å²) >= 11 is 2.05. The molecule has 4 heteroatoms. The Morgan fingerprint density at radius 3 is 2.95 bits per heavy atom. The molecular formula is C17H27NO2S. The van der Waals surface area contributed by atoms with E-state index < -0.39 is 6.10 Å². The highest BCUT2D eigenvalue weighted by molar-refractivity contribution is 7.99. The summed E-state index contributed by atoms with van der Waals surface area (Å²) in [6.07, 6.45) is 3.15. The van der Waals surface area contributed by atoms with Gasteiger partial charge < -0.3 is 15.2 Å². The molecule has 0 aromatic heterocycles. The van der Waals surface area contributed by atoms with E-state index in [0.717, 1.165) is 24.6 Å². The molecule has 0 radical (unpaired) electrons. The first-order chi connectivity index (χ1) is 10.3. The number of ether oxygens (including phenoxy) is 1. The van der Waals surface area contributed by atoms with Gasteiger partial charge in [-0.15, -0.1) is 0 Å². The van der Waals surface area contributed by atoms with Crippen LogP contribution in [0.1, 0.15) is 25.3 Å². The zero-order chi connectivity index (χ0) is 14.9. The van der Waals surface area contributed by atoms with Crippen LogP contribution in [0.2, 0.25) is 0 Å². The smallest absolute Gasteiger partial charge is 0.119 e. The van der Waals surface area contributed by atoms with Crippen LogP contribution in [0.25, 0.3) is 0 Å². The standard InChI is InChI=1S/C17H27NO2S/c1-2-14-4-3-5-17(10-14)20-13-16(19)12-18-11-15-6-8-21-9-7-15/h3-5,10,15-16,18-19H,2,6-9,11-13H2,1H3. The first kappa shape index (κ1) is 16.7. The van der Waals surface area contributed by atoms with Crippen molar-refractivity contribution in [3.63, 3.8) is 0 Å². The van der Waals surface area contributed by atoms with Gasteiger partial charge in [0.15, 0.2) is 0 Å². The lowest BCUT2D eigenvalue weighted by Gasteiger charge is -2.22. The summed E-state index contributed by atoms with van der Waals surface area (Å²) in [4.78, 5) is 0. The highest BCUT2D eigenvalue weighted by Crippen LogP contribution is 2.21. The van der Waals surface area contributed by atoms with Crippen LogP contribution in [-0.4, -0.2) is 42.4 Å². The van der Waals surface area contributed by atoms with E-state index in [2.05, 4.69) is 18.3 Å². The van der Waals surface area contributed by atoms with Crippen LogP contribution in [-0.2, 0) is 6.42 Å². The molecule has 21 heavy (non-hydrogen) atoms. The topological polar surface area (TPSA) is 41.5 Å². The number of benzene rings is 1. The van der Waals surface area contributed by atoms with Crippen LogP contribution < -0.4 is 10.1 Å². The molecule has 1 atom stereocenters. The summed E-state index contributed by atoms with van der Waals surface area (Å²) in [6, 6.07) is 8.08. The van der Waals surface area contributed by atoms with Crippen molar-refractivity contribution < 1.29 is 9.84 Å². The van der Waals surface area contributed by atoms with E-state index in [1.54, 1.807) is 0 Å². The van der Waals surface area contributed by atoms with Crippen LogP contribution in [0.3, 0.4) is 0 Å². The maximum absolute atomic E-state index is 9.97. The number of thioether (sulfide) groups is 1. The SMILES string of the molecule is CCc1cccc(OCC(O)CNCC2CCSCC2)c1. The largest absolute Gasteiger partial charge is 0.491 e. The summed E-state index contributed by atoms with van der Waals surface area (Å²) in [5.41, 5.74) is 1.26. The maximum Gasteiger partial charge on any atom is 0.119 e. The number of nitrogens with one attached hydrogen (secondary N) is 1. The monoisotopic (exact) mass is 309 g/mol. The first-order valence-corrected chi connectivity index (χ1v) is 9.11. The molecule has 3 nitrogen and oxygen atoms in total. The molecule has 1 aromatic rings. The average Bonchev–Trinajstić information content (AvgIpc) is 2.54. The minimum absolute atomic E-state index is 0.348. The summed E-state index contributed by atoms with van der Waals surface area (Å²) in [5, 5.41) is 13.3. The minimum atomic E-state index is -0.451. The van der Waals surface area contributed by atoms with Gasteiger partial charge in [-0.05, 0) is 60.9 Å². The van der Waals surface area contributed by atoms with E-state index in [1.165, 1.54) is 29.9 Å². The normalized spacial score (nSPS) is 17.6. The number of rotatable bonds is 8. The van der Waals surface area contributed by atoms with Crippen molar-refractivity contribution in [3.8, 4) is 5.75 Å². The van der Waals surface area contributed by atoms with Gasteiger partial charge in [-0.2, -0.15) is 11.8 Å². The third-order valence-corrected chi connectivity index (χ3v) is 4.95. The lowest BCUT2D eigenvalue weighted by Crippen LogP contribution is -2.35. The number of aliphatic hydroxyl groups excluding tert-OH is 1. The molecule has 1 saturated heterocycles. The summed E-state index contributed by atoms with van der Waals surface area (Å²) in [5.74, 6) is 4.19. The molecule has 1 aliphatic rings. The van der Waals surface area contributed by atoms with E-state index in [4.69, 9.17) is 4.74 Å². The van der Waals surface area contributed by atoms with Crippen LogP contribution in [0.5, 0.6) is 5.75 Å². The molecule has 118 valence electrons. The third-order valence-electron chi connectivity index (χ3n) is 3.90. The van der Waals surface area contributed by atoms with Crippen molar-refractivity contribution in [2.24, 2.45) is 5.92 Å². The van der Waals surface area contributed by atoms with Crippen molar-refractivity contribution in [2.45, 2.75) is 32.3 Å². The van der Waals surface area contributed by atoms with Gasteiger partial charge in [0.1, 0.15) is 18.5 Å². The molecule has 1 aromatic carbocycles. The molecule has 0 bridgehead atoms. The fourth-order valence-electron chi connectivity index (χ4n) is 2.51. The number of hydrogen-bond donors (Lipinski definition) is 2. The van der Waals surface area contributed by atoms with E-state index >= 15 is 0 Å². The summed E-state index contributed by atoms with van der Waals surface area (Å²) in [7, 11) is 0. The molecule has 2 N–H and O–H groups in total. The minimum Gasteiger partial charge on any atom is -0.491 e. The number of aliphatic hydroxyl groups is 1. The van der Waals surface area contributed by atoms with E-state index in [0.29, 0.717) is 13.2 Å². The van der Waals surface area contributed by atoms with E-state index in [1.807, 2.05) is 30.0 Å². The van der Waals surface area contributed by atoms with Crippen LogP contribution in [0.15, 0.2) is 24.3 Å². The molecular weight excluding hydrogens is 282 g/mol. The number of hydrogen-bond acceptors (Lipinski definition) is 4. The Balaban J connectivity index is 1.61. The first-order valence-electron chi connectivity index (χ1n) is 7.96. The Hall–Kier alpha value is -0.710. The summed E-state index contributed by atoms with van der Waals surface area (Å²) < 4.78 is 5.66. The Kier molecular flexibility index (Phi) is 7.41. The lowest BCUT2D eigenvalue weighted by atomic mass is 10.0. The average molecular weight is 309 g/mol. The quantitative estimate of drug-likeness (QED) is 0.775. The number of aryl methyl sites for hydroxylation is 1. The van der Waals surface area contributed by atoms with Crippen molar-refractivity contribution in [3.05, 3.63) is 29.8 Å². The van der Waals surface area contributed by atoms with Crippen molar-refractivity contribution in [2.75, 3.05) is 31.2 Å². The molecule has 0 saturated carbocycles. The zero-order valence-corrected chi connectivity index (χ0v) is 13.7. The molecule has 2 rings (SSSR count). The molecule has 0 aliphatic carbocycles. The highest BCUT2D eigenvalue weighted by Gasteiger charge is 2.14. The third kappa shape index (κ3) is 6.29. The Labute approximate surface area is 132 Å².